The van der Waals surface area contributed by atoms with E-state index in [1.807, 2.05) is 0 Å². The van der Waals surface area contributed by atoms with Crippen LogP contribution in [0.25, 0.3) is 17.4 Å². The summed E-state index contributed by atoms with van der Waals surface area (Å²) in [4.78, 5) is 27.2. The van der Waals surface area contributed by atoms with Crippen LogP contribution in [0.2, 0.25) is 5.02 Å². The predicted molar refractivity (Wildman–Crippen MR) is 118 cm³/mol. The van der Waals surface area contributed by atoms with E-state index in [1.54, 1.807) is 6.07 Å². The number of rotatable bonds is 4. The molecule has 3 aromatic rings. The van der Waals surface area contributed by atoms with Crippen LogP contribution in [-0.2, 0) is 11.0 Å². The highest BCUT2D eigenvalue weighted by molar-refractivity contribution is 8.18. The average Bonchev–Trinajstić information content (AvgIpc) is 3.35. The highest BCUT2D eigenvalue weighted by atomic mass is 35.5. The van der Waals surface area contributed by atoms with Gasteiger partial charge in [-0.05, 0) is 48.2 Å². The standard InChI is InChI=1S/C21H11ClF3N3O4S/c22-14-7-5-11(21(23,24)25)9-15(14)26-20-27-19(29)18(33-20)10-12-6-8-17(32-12)13-3-1-2-4-16(13)28(30)31/h1-10H,(H,26,27,29). The number of nitrogens with zero attached hydrogens (tertiary/aromatic N) is 2. The molecular weight excluding hydrogens is 483 g/mol. The molecule has 4 rings (SSSR count). The van der Waals surface area contributed by atoms with E-state index in [0.717, 1.165) is 30.0 Å². The number of carbonyl (C=O) groups is 1. The second-order valence-electron chi connectivity index (χ2n) is 6.62. The van der Waals surface area contributed by atoms with Gasteiger partial charge >= 0.3 is 6.18 Å². The van der Waals surface area contributed by atoms with Gasteiger partial charge in [0.05, 0.1) is 31.7 Å². The summed E-state index contributed by atoms with van der Waals surface area (Å²) < 4.78 is 44.5. The Balaban J connectivity index is 1.59. The number of nitro groups is 1. The maximum absolute atomic E-state index is 12.9. The molecule has 2 aromatic carbocycles. The Hall–Kier alpha value is -3.57. The van der Waals surface area contributed by atoms with E-state index < -0.39 is 22.6 Å². The van der Waals surface area contributed by atoms with Crippen LogP contribution in [0.4, 0.5) is 24.5 Å². The second-order valence-corrected chi connectivity index (χ2v) is 8.06. The minimum Gasteiger partial charge on any atom is -0.456 e. The zero-order valence-corrected chi connectivity index (χ0v) is 17.8. The molecule has 33 heavy (non-hydrogen) atoms. The molecule has 0 radical (unpaired) electrons. The summed E-state index contributed by atoms with van der Waals surface area (Å²) >= 11 is 6.84. The lowest BCUT2D eigenvalue weighted by atomic mass is 10.1. The van der Waals surface area contributed by atoms with Gasteiger partial charge in [-0.25, -0.2) is 4.99 Å². The lowest BCUT2D eigenvalue weighted by Gasteiger charge is -2.08. The van der Waals surface area contributed by atoms with Crippen LogP contribution >= 0.6 is 23.4 Å². The molecular formula is C21H11ClF3N3O4S. The Morgan fingerprint density at radius 1 is 1.15 bits per heavy atom. The summed E-state index contributed by atoms with van der Waals surface area (Å²) in [6.07, 6.45) is -3.17. The molecule has 0 aliphatic carbocycles. The predicted octanol–water partition coefficient (Wildman–Crippen LogP) is 6.42. The van der Waals surface area contributed by atoms with E-state index >= 15 is 0 Å². The summed E-state index contributed by atoms with van der Waals surface area (Å²) in [5.74, 6) is -0.0492. The quantitative estimate of drug-likeness (QED) is 0.257. The third-order valence-electron chi connectivity index (χ3n) is 4.41. The van der Waals surface area contributed by atoms with Crippen LogP contribution < -0.4 is 5.32 Å². The molecule has 7 nitrogen and oxygen atoms in total. The van der Waals surface area contributed by atoms with Crippen LogP contribution in [0.3, 0.4) is 0 Å². The van der Waals surface area contributed by atoms with Gasteiger partial charge in [-0.3, -0.25) is 14.9 Å². The van der Waals surface area contributed by atoms with Crippen LogP contribution in [0.5, 0.6) is 0 Å². The van der Waals surface area contributed by atoms with Crippen molar-refractivity contribution in [2.75, 3.05) is 0 Å². The molecule has 12 heteroatoms. The monoisotopic (exact) mass is 493 g/mol. The van der Waals surface area contributed by atoms with E-state index in [0.29, 0.717) is 0 Å². The molecule has 0 saturated carbocycles. The van der Waals surface area contributed by atoms with Gasteiger partial charge in [-0.1, -0.05) is 23.7 Å². The number of hydrogen-bond acceptors (Lipinski definition) is 6. The van der Waals surface area contributed by atoms with Crippen LogP contribution in [0, 0.1) is 10.1 Å². The van der Waals surface area contributed by atoms with Gasteiger partial charge in [0.2, 0.25) is 0 Å². The molecule has 1 aliphatic rings. The average molecular weight is 494 g/mol. The second kappa shape index (κ2) is 8.75. The van der Waals surface area contributed by atoms with Crippen molar-refractivity contribution in [1.82, 2.24) is 5.32 Å². The van der Waals surface area contributed by atoms with E-state index in [2.05, 4.69) is 10.3 Å². The Labute approximate surface area is 193 Å². The lowest BCUT2D eigenvalue weighted by Crippen LogP contribution is -2.19. The van der Waals surface area contributed by atoms with Gasteiger partial charge < -0.3 is 9.73 Å². The number of hydrogen-bond donors (Lipinski definition) is 1. The minimum atomic E-state index is -4.57. The van der Waals surface area contributed by atoms with Crippen LogP contribution in [-0.4, -0.2) is 16.0 Å². The summed E-state index contributed by atoms with van der Waals surface area (Å²) in [6, 6.07) is 11.8. The van der Waals surface area contributed by atoms with Gasteiger partial charge in [0.25, 0.3) is 11.6 Å². The zero-order chi connectivity index (χ0) is 23.8. The number of alkyl halides is 3. The number of amidine groups is 1. The fourth-order valence-electron chi connectivity index (χ4n) is 2.91. The van der Waals surface area contributed by atoms with Crippen molar-refractivity contribution in [3.8, 4) is 11.3 Å². The van der Waals surface area contributed by atoms with Gasteiger partial charge in [-0.2, -0.15) is 13.2 Å². The Bertz CT molecular complexity index is 1330. The fourth-order valence-corrected chi connectivity index (χ4v) is 3.88. The first-order valence-corrected chi connectivity index (χ1v) is 10.3. The molecule has 1 aromatic heterocycles. The van der Waals surface area contributed by atoms with Crippen LogP contribution in [0.1, 0.15) is 11.3 Å². The van der Waals surface area contributed by atoms with E-state index in [-0.39, 0.29) is 43.6 Å². The third-order valence-corrected chi connectivity index (χ3v) is 5.64. The summed E-state index contributed by atoms with van der Waals surface area (Å²) in [6.45, 7) is 0. The molecule has 2 heterocycles. The number of aliphatic imine (C=N–C) groups is 1. The molecule has 1 fully saturated rings. The molecule has 0 unspecified atom stereocenters. The summed E-state index contributed by atoms with van der Waals surface area (Å²) in [5, 5.41) is 13.7. The smallest absolute Gasteiger partial charge is 0.416 e. The lowest BCUT2D eigenvalue weighted by molar-refractivity contribution is -0.384. The molecule has 168 valence electrons. The summed E-state index contributed by atoms with van der Waals surface area (Å²) in [7, 11) is 0. The first-order valence-electron chi connectivity index (χ1n) is 9.12. The Morgan fingerprint density at radius 2 is 1.91 bits per heavy atom. The number of amides is 1. The van der Waals surface area contributed by atoms with E-state index in [4.69, 9.17) is 16.0 Å². The normalized spacial score (nSPS) is 16.4. The number of nitrogens with one attached hydrogen (secondary N) is 1. The summed E-state index contributed by atoms with van der Waals surface area (Å²) in [5.41, 5.74) is -0.926. The minimum absolute atomic E-state index is 0.0112. The van der Waals surface area contributed by atoms with Gasteiger partial charge in [0, 0.05) is 12.1 Å². The van der Waals surface area contributed by atoms with Crippen molar-refractivity contribution in [1.29, 1.82) is 0 Å². The third kappa shape index (κ3) is 4.94. The number of para-hydroxylation sites is 1. The highest BCUT2D eigenvalue weighted by Gasteiger charge is 2.31. The largest absolute Gasteiger partial charge is 0.456 e. The maximum atomic E-state index is 12.9. The van der Waals surface area contributed by atoms with Crippen molar-refractivity contribution in [2.45, 2.75) is 6.18 Å². The number of carbonyl (C=O) groups excluding carboxylic acids is 1. The Morgan fingerprint density at radius 3 is 2.64 bits per heavy atom. The SMILES string of the molecule is O=C1NC(=Nc2cc(C(F)(F)F)ccc2Cl)SC1=Cc1ccc(-c2ccccc2[N+](=O)[O-])o1. The molecule has 1 aliphatic heterocycles. The first kappa shape index (κ1) is 22.6. The molecule has 0 bridgehead atoms. The van der Waals surface area contributed by atoms with Crippen LogP contribution in [0.15, 0.2) is 68.9 Å². The number of furan rings is 1. The topological polar surface area (TPSA) is 97.7 Å². The number of nitro benzene ring substituents is 1. The highest BCUT2D eigenvalue weighted by Crippen LogP contribution is 2.37. The van der Waals surface area contributed by atoms with E-state index in [9.17, 15) is 28.1 Å². The Kier molecular flexibility index (Phi) is 6.00. The molecule has 1 N–H and O–H groups in total. The maximum Gasteiger partial charge on any atom is 0.416 e. The van der Waals surface area contributed by atoms with Crippen molar-refractivity contribution < 1.29 is 27.3 Å². The molecule has 1 saturated heterocycles. The van der Waals surface area contributed by atoms with Gasteiger partial charge in [-0.15, -0.1) is 0 Å². The molecule has 1 amide bonds. The number of halogens is 4. The van der Waals surface area contributed by atoms with Crippen molar-refractivity contribution in [3.63, 3.8) is 0 Å². The fraction of sp³-hybridized carbons (Fsp3) is 0.0476. The van der Waals surface area contributed by atoms with Crippen molar-refractivity contribution in [2.24, 2.45) is 4.99 Å². The zero-order valence-electron chi connectivity index (χ0n) is 16.2. The number of benzene rings is 2. The van der Waals surface area contributed by atoms with Gasteiger partial charge in [0.1, 0.15) is 11.5 Å². The molecule has 0 spiro atoms. The first-order chi connectivity index (χ1) is 15.6. The van der Waals surface area contributed by atoms with Gasteiger partial charge in [0.15, 0.2) is 5.17 Å². The van der Waals surface area contributed by atoms with Crippen molar-refractivity contribution in [3.05, 3.63) is 86.0 Å². The molecule has 0 atom stereocenters. The van der Waals surface area contributed by atoms with E-state index in [1.165, 1.54) is 36.4 Å². The van der Waals surface area contributed by atoms with Crippen molar-refractivity contribution >= 4 is 51.9 Å². The number of thioether (sulfide) groups is 1.